The van der Waals surface area contributed by atoms with E-state index in [1.807, 2.05) is 0 Å². The van der Waals surface area contributed by atoms with Gasteiger partial charge in [0.25, 0.3) is 0 Å². The van der Waals surface area contributed by atoms with Gasteiger partial charge in [0.05, 0.1) is 5.54 Å². The van der Waals surface area contributed by atoms with Crippen molar-refractivity contribution in [2.45, 2.75) is 37.6 Å². The summed E-state index contributed by atoms with van der Waals surface area (Å²) in [5.74, 6) is 0.904. The average Bonchev–Trinajstić information content (AvgIpc) is 3.08. The predicted octanol–water partition coefficient (Wildman–Crippen LogP) is 2.95. The number of H-pyrrole nitrogens is 1. The van der Waals surface area contributed by atoms with Gasteiger partial charge in [-0.2, -0.15) is 0 Å². The lowest BCUT2D eigenvalue weighted by Crippen LogP contribution is -2.49. The first-order valence-corrected chi connectivity index (χ1v) is 7.71. The second kappa shape index (κ2) is 3.46. The van der Waals surface area contributed by atoms with E-state index < -0.39 is 0 Å². The van der Waals surface area contributed by atoms with Crippen molar-refractivity contribution in [1.82, 2.24) is 9.88 Å². The molecule has 1 saturated heterocycles. The number of carbonyl (C=O) groups excluding carboxylic acids is 1. The Labute approximate surface area is 118 Å². The third-order valence-corrected chi connectivity index (χ3v) is 5.82. The first-order valence-electron chi connectivity index (χ1n) is 7.71. The van der Waals surface area contributed by atoms with Gasteiger partial charge in [-0.05, 0) is 36.8 Å². The minimum atomic E-state index is 0.00366. The van der Waals surface area contributed by atoms with Crippen LogP contribution >= 0.6 is 0 Å². The third kappa shape index (κ3) is 1.07. The third-order valence-electron chi connectivity index (χ3n) is 5.82. The molecule has 3 aliphatic rings. The summed E-state index contributed by atoms with van der Waals surface area (Å²) in [4.78, 5) is 18.2. The molecule has 1 aliphatic carbocycles. The number of nitrogens with one attached hydrogen (secondary N) is 1. The molecule has 1 saturated carbocycles. The predicted molar refractivity (Wildman–Crippen MR) is 77.4 cm³/mol. The van der Waals surface area contributed by atoms with Crippen molar-refractivity contribution < 1.29 is 4.79 Å². The lowest BCUT2D eigenvalue weighted by atomic mass is 9.80. The Balaban J connectivity index is 1.83. The van der Waals surface area contributed by atoms with E-state index in [-0.39, 0.29) is 5.54 Å². The number of benzene rings is 1. The van der Waals surface area contributed by atoms with Gasteiger partial charge in [-0.1, -0.05) is 24.6 Å². The van der Waals surface area contributed by atoms with E-state index in [4.69, 9.17) is 0 Å². The summed E-state index contributed by atoms with van der Waals surface area (Å²) in [6.45, 7) is 0.907. The van der Waals surface area contributed by atoms with Crippen LogP contribution in [-0.4, -0.2) is 22.3 Å². The Bertz CT molecular complexity index is 732. The molecule has 2 atom stereocenters. The average molecular weight is 266 g/mol. The highest BCUT2D eigenvalue weighted by Crippen LogP contribution is 2.57. The Morgan fingerprint density at radius 3 is 3.15 bits per heavy atom. The summed E-state index contributed by atoms with van der Waals surface area (Å²) in [6.07, 6.45) is 5.36. The fourth-order valence-electron chi connectivity index (χ4n) is 5.07. The molecule has 3 heterocycles. The molecule has 5 rings (SSSR count). The summed E-state index contributed by atoms with van der Waals surface area (Å²) in [5, 5.41) is 1.36. The van der Waals surface area contributed by atoms with E-state index in [0.717, 1.165) is 25.8 Å². The van der Waals surface area contributed by atoms with Crippen LogP contribution < -0.4 is 0 Å². The van der Waals surface area contributed by atoms with E-state index in [9.17, 15) is 4.79 Å². The van der Waals surface area contributed by atoms with E-state index in [1.54, 1.807) is 0 Å². The maximum atomic E-state index is 12.4. The number of hydrogen-bond donors (Lipinski definition) is 1. The Morgan fingerprint density at radius 1 is 1.30 bits per heavy atom. The van der Waals surface area contributed by atoms with Crippen molar-refractivity contribution in [2.24, 2.45) is 5.92 Å². The molecule has 0 radical (unpaired) electrons. The summed E-state index contributed by atoms with van der Waals surface area (Å²) < 4.78 is 0. The fourth-order valence-corrected chi connectivity index (χ4v) is 5.07. The maximum Gasteiger partial charge on any atom is 0.223 e. The highest BCUT2D eigenvalue weighted by atomic mass is 16.2. The summed E-state index contributed by atoms with van der Waals surface area (Å²) in [5.41, 5.74) is 4.07. The zero-order valence-electron chi connectivity index (χ0n) is 11.5. The number of aromatic nitrogens is 1. The zero-order chi connectivity index (χ0) is 13.3. The Hall–Kier alpha value is -1.77. The van der Waals surface area contributed by atoms with Crippen molar-refractivity contribution in [3.8, 4) is 0 Å². The Kier molecular flexibility index (Phi) is 1.89. The molecule has 0 unspecified atom stereocenters. The molecule has 0 bridgehead atoms. The van der Waals surface area contributed by atoms with Crippen molar-refractivity contribution in [3.05, 3.63) is 35.5 Å². The number of para-hydroxylation sites is 1. The minimum absolute atomic E-state index is 0.00366. The SMILES string of the molecule is O=C1C[C@H]2CCC[C@]23c2[nH]c4ccccc4c2CCN13. The topological polar surface area (TPSA) is 36.1 Å². The molecule has 2 aromatic rings. The van der Waals surface area contributed by atoms with Crippen LogP contribution in [0.25, 0.3) is 10.9 Å². The van der Waals surface area contributed by atoms with Crippen LogP contribution in [0.3, 0.4) is 0 Å². The van der Waals surface area contributed by atoms with E-state index in [2.05, 4.69) is 34.1 Å². The molecule has 1 amide bonds. The molecule has 2 aliphatic heterocycles. The molecule has 1 aromatic carbocycles. The molecule has 1 aromatic heterocycles. The summed E-state index contributed by atoms with van der Waals surface area (Å²) >= 11 is 0. The van der Waals surface area contributed by atoms with Crippen molar-refractivity contribution in [2.75, 3.05) is 6.54 Å². The van der Waals surface area contributed by atoms with E-state index in [1.165, 1.54) is 35.0 Å². The molecular formula is C17H18N2O. The lowest BCUT2D eigenvalue weighted by Gasteiger charge is -2.42. The van der Waals surface area contributed by atoms with Gasteiger partial charge < -0.3 is 9.88 Å². The molecule has 2 fully saturated rings. The minimum Gasteiger partial charge on any atom is -0.356 e. The Morgan fingerprint density at radius 2 is 2.20 bits per heavy atom. The first-order chi connectivity index (χ1) is 9.80. The van der Waals surface area contributed by atoms with Crippen LogP contribution in [0.4, 0.5) is 0 Å². The highest BCUT2D eigenvalue weighted by molar-refractivity contribution is 5.88. The zero-order valence-corrected chi connectivity index (χ0v) is 11.5. The number of aromatic amines is 1. The van der Waals surface area contributed by atoms with Gasteiger partial charge in [-0.25, -0.2) is 0 Å². The number of amides is 1. The summed E-state index contributed by atoms with van der Waals surface area (Å²) in [7, 11) is 0. The van der Waals surface area contributed by atoms with Crippen LogP contribution in [-0.2, 0) is 16.8 Å². The molecular weight excluding hydrogens is 248 g/mol. The van der Waals surface area contributed by atoms with Gasteiger partial charge in [0, 0.05) is 29.6 Å². The van der Waals surface area contributed by atoms with E-state index in [0.29, 0.717) is 11.8 Å². The van der Waals surface area contributed by atoms with Gasteiger partial charge in [0.1, 0.15) is 0 Å². The van der Waals surface area contributed by atoms with Crippen molar-refractivity contribution in [1.29, 1.82) is 0 Å². The van der Waals surface area contributed by atoms with Gasteiger partial charge in [0.15, 0.2) is 0 Å². The standard InChI is InChI=1S/C17H18N2O/c20-15-10-11-4-3-8-17(11)16-13(7-9-19(15)17)12-5-1-2-6-14(12)18-16/h1-2,5-6,11,18H,3-4,7-10H2/t11-,17-/m1/s1. The number of hydrogen-bond acceptors (Lipinski definition) is 1. The van der Waals surface area contributed by atoms with Gasteiger partial charge >= 0.3 is 0 Å². The van der Waals surface area contributed by atoms with Crippen LogP contribution in [0.2, 0.25) is 0 Å². The van der Waals surface area contributed by atoms with Crippen molar-refractivity contribution in [3.63, 3.8) is 0 Å². The maximum absolute atomic E-state index is 12.4. The van der Waals surface area contributed by atoms with Crippen LogP contribution in [0.5, 0.6) is 0 Å². The monoisotopic (exact) mass is 266 g/mol. The molecule has 20 heavy (non-hydrogen) atoms. The van der Waals surface area contributed by atoms with Crippen LogP contribution in [0, 0.1) is 5.92 Å². The van der Waals surface area contributed by atoms with Crippen LogP contribution in [0.1, 0.15) is 36.9 Å². The van der Waals surface area contributed by atoms with Gasteiger partial charge in [-0.15, -0.1) is 0 Å². The summed E-state index contributed by atoms with van der Waals surface area (Å²) in [6, 6.07) is 8.59. The molecule has 1 N–H and O–H groups in total. The number of rotatable bonds is 0. The second-order valence-electron chi connectivity index (χ2n) is 6.54. The number of carbonyl (C=O) groups is 1. The largest absolute Gasteiger partial charge is 0.356 e. The van der Waals surface area contributed by atoms with Gasteiger partial charge in [-0.3, -0.25) is 4.79 Å². The van der Waals surface area contributed by atoms with Gasteiger partial charge in [0.2, 0.25) is 5.91 Å². The van der Waals surface area contributed by atoms with Crippen molar-refractivity contribution >= 4 is 16.8 Å². The molecule has 3 nitrogen and oxygen atoms in total. The first kappa shape index (κ1) is 11.0. The fraction of sp³-hybridized carbons (Fsp3) is 0.471. The van der Waals surface area contributed by atoms with Crippen LogP contribution in [0.15, 0.2) is 24.3 Å². The normalized spacial score (nSPS) is 31.5. The highest BCUT2D eigenvalue weighted by Gasteiger charge is 2.58. The number of nitrogens with zero attached hydrogens (tertiary/aromatic N) is 1. The lowest BCUT2D eigenvalue weighted by molar-refractivity contribution is -0.132. The molecule has 3 heteroatoms. The molecule has 102 valence electrons. The number of fused-ring (bicyclic) bond motifs is 3. The van der Waals surface area contributed by atoms with E-state index >= 15 is 0 Å². The smallest absolute Gasteiger partial charge is 0.223 e. The quantitative estimate of drug-likeness (QED) is 0.782. The second-order valence-corrected chi connectivity index (χ2v) is 6.54. The molecule has 1 spiro atoms.